The third-order valence-corrected chi connectivity index (χ3v) is 4.79. The lowest BCUT2D eigenvalue weighted by atomic mass is 9.89. The molecule has 1 amide bonds. The van der Waals surface area contributed by atoms with Crippen molar-refractivity contribution in [3.63, 3.8) is 0 Å². The molecule has 0 aromatic heterocycles. The Morgan fingerprint density at radius 2 is 2.08 bits per heavy atom. The van der Waals surface area contributed by atoms with E-state index in [0.29, 0.717) is 11.5 Å². The van der Waals surface area contributed by atoms with Gasteiger partial charge in [-0.05, 0) is 57.5 Å². The van der Waals surface area contributed by atoms with Crippen LogP contribution in [-0.2, 0) is 4.79 Å². The van der Waals surface area contributed by atoms with Crippen molar-refractivity contribution >= 4 is 35.8 Å². The highest BCUT2D eigenvalue weighted by molar-refractivity contribution is 14.0. The molecule has 7 heteroatoms. The minimum Gasteiger partial charge on any atom is -0.369 e. The number of rotatable bonds is 8. The quantitative estimate of drug-likeness (QED) is 0.216. The van der Waals surface area contributed by atoms with Crippen molar-refractivity contribution in [2.45, 2.75) is 65.8 Å². The van der Waals surface area contributed by atoms with Crippen LogP contribution < -0.4 is 16.4 Å². The van der Waals surface area contributed by atoms with Crippen molar-refractivity contribution in [1.29, 1.82) is 0 Å². The highest BCUT2D eigenvalue weighted by atomic mass is 127. The molecule has 0 aromatic carbocycles. The number of hydrogen-bond donors (Lipinski definition) is 3. The van der Waals surface area contributed by atoms with Crippen LogP contribution in [-0.4, -0.2) is 56.0 Å². The Labute approximate surface area is 177 Å². The number of nitrogens with one attached hydrogen (secondary N) is 2. The third kappa shape index (κ3) is 11.2. The van der Waals surface area contributed by atoms with Crippen molar-refractivity contribution in [2.24, 2.45) is 22.1 Å². The third-order valence-electron chi connectivity index (χ3n) is 4.79. The molecule has 1 aliphatic heterocycles. The van der Waals surface area contributed by atoms with Crippen molar-refractivity contribution in [3.8, 4) is 0 Å². The predicted molar refractivity (Wildman–Crippen MR) is 121 cm³/mol. The average molecular weight is 481 g/mol. The van der Waals surface area contributed by atoms with Crippen LogP contribution in [0.1, 0.15) is 59.8 Å². The van der Waals surface area contributed by atoms with E-state index in [2.05, 4.69) is 48.2 Å². The molecule has 2 unspecified atom stereocenters. The number of aliphatic imine (C=N–C) groups is 1. The molecule has 1 aliphatic rings. The van der Waals surface area contributed by atoms with Crippen molar-refractivity contribution in [3.05, 3.63) is 0 Å². The van der Waals surface area contributed by atoms with Gasteiger partial charge in [0.25, 0.3) is 0 Å². The number of halogens is 1. The van der Waals surface area contributed by atoms with Crippen molar-refractivity contribution in [1.82, 2.24) is 15.5 Å². The summed E-state index contributed by atoms with van der Waals surface area (Å²) in [4.78, 5) is 18.0. The van der Waals surface area contributed by atoms with E-state index in [1.54, 1.807) is 0 Å². The molecular formula is C19H40IN5O. The number of carbonyl (C=O) groups excluding carboxylic acids is 1. The van der Waals surface area contributed by atoms with E-state index in [1.807, 2.05) is 7.05 Å². The van der Waals surface area contributed by atoms with Crippen LogP contribution in [0.4, 0.5) is 0 Å². The van der Waals surface area contributed by atoms with Gasteiger partial charge < -0.3 is 21.3 Å². The monoisotopic (exact) mass is 481 g/mol. The Hall–Kier alpha value is -0.570. The zero-order chi connectivity index (χ0) is 18.9. The second-order valence-corrected chi connectivity index (χ2v) is 8.54. The van der Waals surface area contributed by atoms with E-state index in [4.69, 9.17) is 5.73 Å². The van der Waals surface area contributed by atoms with E-state index in [1.165, 1.54) is 6.42 Å². The normalized spacial score (nSPS) is 20.2. The van der Waals surface area contributed by atoms with Crippen LogP contribution in [0.25, 0.3) is 0 Å². The summed E-state index contributed by atoms with van der Waals surface area (Å²) in [5.41, 5.74) is 5.80. The first kappa shape index (κ1) is 25.4. The van der Waals surface area contributed by atoms with E-state index in [9.17, 15) is 4.79 Å². The Kier molecular flexibility index (Phi) is 12.5. The maximum absolute atomic E-state index is 11.3. The Morgan fingerprint density at radius 3 is 2.65 bits per heavy atom. The van der Waals surface area contributed by atoms with Gasteiger partial charge in [-0.2, -0.15) is 0 Å². The maximum Gasteiger partial charge on any atom is 0.221 e. The molecule has 1 heterocycles. The number of guanidine groups is 1. The van der Waals surface area contributed by atoms with Crippen LogP contribution in [0.2, 0.25) is 0 Å². The smallest absolute Gasteiger partial charge is 0.221 e. The number of carbonyl (C=O) groups is 1. The minimum absolute atomic E-state index is 0. The van der Waals surface area contributed by atoms with E-state index in [0.717, 1.165) is 57.8 Å². The molecule has 1 saturated heterocycles. The summed E-state index contributed by atoms with van der Waals surface area (Å²) in [6, 6.07) is 0.406. The fourth-order valence-electron chi connectivity index (χ4n) is 3.15. The lowest BCUT2D eigenvalue weighted by molar-refractivity contribution is -0.123. The Morgan fingerprint density at radius 1 is 1.38 bits per heavy atom. The summed E-state index contributed by atoms with van der Waals surface area (Å²) in [6.45, 7) is 12.8. The molecule has 1 rings (SSSR count). The molecular weight excluding hydrogens is 441 g/mol. The van der Waals surface area contributed by atoms with Gasteiger partial charge in [-0.3, -0.25) is 9.79 Å². The molecule has 0 radical (unpaired) electrons. The molecule has 2 atom stereocenters. The maximum atomic E-state index is 11.3. The lowest BCUT2D eigenvalue weighted by Gasteiger charge is -2.31. The van der Waals surface area contributed by atoms with Gasteiger partial charge >= 0.3 is 0 Å². The highest BCUT2D eigenvalue weighted by Gasteiger charge is 2.23. The first-order valence-corrected chi connectivity index (χ1v) is 9.70. The number of nitrogens with zero attached hydrogens (tertiary/aromatic N) is 2. The number of piperidine rings is 1. The summed E-state index contributed by atoms with van der Waals surface area (Å²) < 4.78 is 0. The van der Waals surface area contributed by atoms with Gasteiger partial charge in [0.15, 0.2) is 5.96 Å². The second kappa shape index (κ2) is 12.8. The first-order chi connectivity index (χ1) is 11.7. The van der Waals surface area contributed by atoms with Gasteiger partial charge in [0, 0.05) is 26.2 Å². The molecule has 0 bridgehead atoms. The van der Waals surface area contributed by atoms with Crippen LogP contribution >= 0.6 is 24.0 Å². The SMILES string of the molecule is CN=C(NCCCN1CCCC(C(N)=O)C1)NC(C)CCC(C)(C)C.I. The molecule has 4 N–H and O–H groups in total. The van der Waals surface area contributed by atoms with Crippen molar-refractivity contribution in [2.75, 3.05) is 33.2 Å². The van der Waals surface area contributed by atoms with Gasteiger partial charge in [0.2, 0.25) is 5.91 Å². The molecule has 0 aromatic rings. The zero-order valence-electron chi connectivity index (χ0n) is 17.3. The van der Waals surface area contributed by atoms with E-state index >= 15 is 0 Å². The first-order valence-electron chi connectivity index (χ1n) is 9.70. The van der Waals surface area contributed by atoms with E-state index < -0.39 is 0 Å². The fraction of sp³-hybridized carbons (Fsp3) is 0.895. The number of likely N-dealkylation sites (tertiary alicyclic amines) is 1. The standard InChI is InChI=1S/C19H39N5O.HI/c1-15(9-10-19(2,3)4)23-18(21-5)22-11-7-13-24-12-6-8-16(14-24)17(20)25;/h15-16H,6-14H2,1-5H3,(H2,20,25)(H2,21,22,23);1H. The van der Waals surface area contributed by atoms with Crippen LogP contribution in [0.15, 0.2) is 4.99 Å². The summed E-state index contributed by atoms with van der Waals surface area (Å²) in [5.74, 6) is 0.742. The summed E-state index contributed by atoms with van der Waals surface area (Å²) >= 11 is 0. The molecule has 1 fully saturated rings. The second-order valence-electron chi connectivity index (χ2n) is 8.54. The topological polar surface area (TPSA) is 82.8 Å². The fourth-order valence-corrected chi connectivity index (χ4v) is 3.15. The van der Waals surface area contributed by atoms with Crippen LogP contribution in [0.5, 0.6) is 0 Å². The van der Waals surface area contributed by atoms with Gasteiger partial charge in [0.05, 0.1) is 5.92 Å². The molecule has 154 valence electrons. The molecule has 0 spiro atoms. The number of primary amides is 1. The van der Waals surface area contributed by atoms with Gasteiger partial charge in [-0.1, -0.05) is 20.8 Å². The average Bonchev–Trinajstić information content (AvgIpc) is 2.55. The van der Waals surface area contributed by atoms with Gasteiger partial charge in [-0.15, -0.1) is 24.0 Å². The van der Waals surface area contributed by atoms with Crippen LogP contribution in [0, 0.1) is 11.3 Å². The van der Waals surface area contributed by atoms with Gasteiger partial charge in [0.1, 0.15) is 0 Å². The number of nitrogens with two attached hydrogens (primary N) is 1. The van der Waals surface area contributed by atoms with E-state index in [-0.39, 0.29) is 35.8 Å². The highest BCUT2D eigenvalue weighted by Crippen LogP contribution is 2.21. The molecule has 0 saturated carbocycles. The zero-order valence-corrected chi connectivity index (χ0v) is 19.6. The molecule has 26 heavy (non-hydrogen) atoms. The summed E-state index contributed by atoms with van der Waals surface area (Å²) in [7, 11) is 1.81. The van der Waals surface area contributed by atoms with Crippen LogP contribution in [0.3, 0.4) is 0 Å². The minimum atomic E-state index is -0.156. The van der Waals surface area contributed by atoms with Crippen molar-refractivity contribution < 1.29 is 4.79 Å². The largest absolute Gasteiger partial charge is 0.369 e. The summed E-state index contributed by atoms with van der Waals surface area (Å²) in [5, 5.41) is 6.86. The number of hydrogen-bond acceptors (Lipinski definition) is 3. The molecule has 6 nitrogen and oxygen atoms in total. The summed E-state index contributed by atoms with van der Waals surface area (Å²) in [6.07, 6.45) is 5.35. The Bertz CT molecular complexity index is 436. The predicted octanol–water partition coefficient (Wildman–Crippen LogP) is 2.57. The Balaban J connectivity index is 0.00000625. The van der Waals surface area contributed by atoms with Gasteiger partial charge in [-0.25, -0.2) is 0 Å². The molecule has 0 aliphatic carbocycles. The number of amides is 1. The lowest BCUT2D eigenvalue weighted by Crippen LogP contribution is -2.44.